The highest BCUT2D eigenvalue weighted by Crippen LogP contribution is 2.05. The topological polar surface area (TPSA) is 25.2 Å². The van der Waals surface area contributed by atoms with Gasteiger partial charge in [0.05, 0.1) is 12.8 Å². The number of hydrogen-bond acceptors (Lipinski definition) is 2. The van der Waals surface area contributed by atoms with Crippen LogP contribution in [0.5, 0.6) is 0 Å². The van der Waals surface area contributed by atoms with Crippen molar-refractivity contribution in [1.82, 2.24) is 5.32 Å². The Morgan fingerprint density at radius 3 is 3.15 bits per heavy atom. The predicted molar refractivity (Wildman–Crippen MR) is 53.3 cm³/mol. The lowest BCUT2D eigenvalue weighted by molar-refractivity contribution is 0.470. The van der Waals surface area contributed by atoms with Crippen molar-refractivity contribution in [2.24, 2.45) is 0 Å². The molecule has 2 nitrogen and oxygen atoms in total. The minimum Gasteiger partial charge on any atom is -0.469 e. The van der Waals surface area contributed by atoms with Crippen molar-refractivity contribution in [3.05, 3.63) is 24.2 Å². The van der Waals surface area contributed by atoms with Gasteiger partial charge in [-0.25, -0.2) is 0 Å². The minimum atomic E-state index is 0.446. The predicted octanol–water partition coefficient (Wildman–Crippen LogP) is 1.82. The number of hydrogen-bond donors (Lipinski definition) is 1. The molecule has 1 N–H and O–H groups in total. The van der Waals surface area contributed by atoms with E-state index in [0.717, 1.165) is 18.6 Å². The Morgan fingerprint density at radius 1 is 1.69 bits per heavy atom. The lowest BCUT2D eigenvalue weighted by Crippen LogP contribution is -2.26. The van der Waals surface area contributed by atoms with Crippen LogP contribution in [0, 0.1) is 12.3 Å². The summed E-state index contributed by atoms with van der Waals surface area (Å²) < 4.78 is 5.22. The fraction of sp³-hybridized carbons (Fsp3) is 0.455. The Morgan fingerprint density at radius 2 is 2.54 bits per heavy atom. The largest absolute Gasteiger partial charge is 0.469 e. The number of terminal acetylenes is 1. The molecule has 1 atom stereocenters. The zero-order valence-corrected chi connectivity index (χ0v) is 7.92. The Labute approximate surface area is 79.3 Å². The van der Waals surface area contributed by atoms with E-state index >= 15 is 0 Å². The van der Waals surface area contributed by atoms with Crippen LogP contribution in [0.4, 0.5) is 0 Å². The quantitative estimate of drug-likeness (QED) is 0.694. The number of nitrogens with one attached hydrogen (secondary N) is 1. The van der Waals surface area contributed by atoms with Gasteiger partial charge in [0.15, 0.2) is 0 Å². The molecule has 1 unspecified atom stereocenters. The standard InChI is InChI=1S/C11H15NO/c1-3-8-12-10(2)6-7-11-5-4-9-13-11/h1,4-5,9-10,12H,6-8H2,2H3. The summed E-state index contributed by atoms with van der Waals surface area (Å²) >= 11 is 0. The van der Waals surface area contributed by atoms with Gasteiger partial charge in [-0.15, -0.1) is 6.42 Å². The van der Waals surface area contributed by atoms with Crippen molar-refractivity contribution in [2.75, 3.05) is 6.54 Å². The Hall–Kier alpha value is -1.20. The monoisotopic (exact) mass is 177 g/mol. The second kappa shape index (κ2) is 5.45. The smallest absolute Gasteiger partial charge is 0.103 e. The van der Waals surface area contributed by atoms with Gasteiger partial charge in [-0.3, -0.25) is 0 Å². The fourth-order valence-electron chi connectivity index (χ4n) is 1.15. The molecule has 0 aliphatic carbocycles. The molecule has 0 radical (unpaired) electrons. The van der Waals surface area contributed by atoms with E-state index in [-0.39, 0.29) is 0 Å². The molecule has 0 saturated carbocycles. The molecule has 0 spiro atoms. The first kappa shape index (κ1) is 9.88. The Bertz CT molecular complexity index is 258. The molecular weight excluding hydrogens is 162 g/mol. The molecule has 1 rings (SSSR count). The number of furan rings is 1. The maximum absolute atomic E-state index is 5.22. The molecule has 1 aromatic heterocycles. The van der Waals surface area contributed by atoms with E-state index in [1.165, 1.54) is 0 Å². The molecular formula is C11H15NO. The molecule has 13 heavy (non-hydrogen) atoms. The van der Waals surface area contributed by atoms with E-state index in [2.05, 4.69) is 18.2 Å². The van der Waals surface area contributed by atoms with Crippen LogP contribution in [0.1, 0.15) is 19.1 Å². The van der Waals surface area contributed by atoms with Gasteiger partial charge in [0, 0.05) is 12.5 Å². The summed E-state index contributed by atoms with van der Waals surface area (Å²) in [5, 5.41) is 3.22. The van der Waals surface area contributed by atoms with Gasteiger partial charge in [-0.2, -0.15) is 0 Å². The fourth-order valence-corrected chi connectivity index (χ4v) is 1.15. The average Bonchev–Trinajstić information content (AvgIpc) is 2.64. The van der Waals surface area contributed by atoms with E-state index in [0.29, 0.717) is 12.6 Å². The molecule has 0 aromatic carbocycles. The van der Waals surface area contributed by atoms with Crippen LogP contribution < -0.4 is 5.32 Å². The lowest BCUT2D eigenvalue weighted by atomic mass is 10.1. The van der Waals surface area contributed by atoms with E-state index < -0.39 is 0 Å². The van der Waals surface area contributed by atoms with Crippen molar-refractivity contribution >= 4 is 0 Å². The van der Waals surface area contributed by atoms with Crippen molar-refractivity contribution in [3.8, 4) is 12.3 Å². The third-order valence-corrected chi connectivity index (χ3v) is 1.96. The van der Waals surface area contributed by atoms with Gasteiger partial charge in [0.1, 0.15) is 5.76 Å². The Balaban J connectivity index is 2.16. The molecule has 0 fully saturated rings. The normalized spacial score (nSPS) is 12.3. The van der Waals surface area contributed by atoms with E-state index in [1.54, 1.807) is 6.26 Å². The lowest BCUT2D eigenvalue weighted by Gasteiger charge is -2.09. The van der Waals surface area contributed by atoms with Crippen LogP contribution in [-0.2, 0) is 6.42 Å². The van der Waals surface area contributed by atoms with Gasteiger partial charge in [-0.1, -0.05) is 5.92 Å². The van der Waals surface area contributed by atoms with E-state index in [1.807, 2.05) is 12.1 Å². The molecule has 1 heterocycles. The maximum atomic E-state index is 5.22. The van der Waals surface area contributed by atoms with E-state index in [9.17, 15) is 0 Å². The van der Waals surface area contributed by atoms with Crippen molar-refractivity contribution in [2.45, 2.75) is 25.8 Å². The zero-order chi connectivity index (χ0) is 9.52. The van der Waals surface area contributed by atoms with Gasteiger partial charge < -0.3 is 9.73 Å². The highest BCUT2D eigenvalue weighted by Gasteiger charge is 2.01. The second-order valence-electron chi connectivity index (χ2n) is 3.10. The van der Waals surface area contributed by atoms with Crippen LogP contribution in [0.15, 0.2) is 22.8 Å². The second-order valence-corrected chi connectivity index (χ2v) is 3.10. The highest BCUT2D eigenvalue weighted by molar-refractivity contribution is 4.98. The molecule has 0 saturated heterocycles. The van der Waals surface area contributed by atoms with Gasteiger partial charge in [-0.05, 0) is 25.5 Å². The van der Waals surface area contributed by atoms with Crippen molar-refractivity contribution in [3.63, 3.8) is 0 Å². The van der Waals surface area contributed by atoms with Crippen molar-refractivity contribution < 1.29 is 4.42 Å². The summed E-state index contributed by atoms with van der Waals surface area (Å²) in [6, 6.07) is 4.35. The molecule has 0 bridgehead atoms. The third-order valence-electron chi connectivity index (χ3n) is 1.96. The SMILES string of the molecule is C#CCNC(C)CCc1ccco1. The third kappa shape index (κ3) is 3.82. The van der Waals surface area contributed by atoms with Gasteiger partial charge in [0.2, 0.25) is 0 Å². The van der Waals surface area contributed by atoms with Crippen LogP contribution in [0.2, 0.25) is 0 Å². The van der Waals surface area contributed by atoms with Crippen LogP contribution in [-0.4, -0.2) is 12.6 Å². The average molecular weight is 177 g/mol. The first-order valence-corrected chi connectivity index (χ1v) is 4.52. The van der Waals surface area contributed by atoms with Gasteiger partial charge in [0.25, 0.3) is 0 Å². The summed E-state index contributed by atoms with van der Waals surface area (Å²) in [6.07, 6.45) is 8.85. The molecule has 70 valence electrons. The van der Waals surface area contributed by atoms with Crippen LogP contribution in [0.3, 0.4) is 0 Å². The number of aryl methyl sites for hydroxylation is 1. The Kier molecular flexibility index (Phi) is 4.14. The number of rotatable bonds is 5. The minimum absolute atomic E-state index is 0.446. The summed E-state index contributed by atoms with van der Waals surface area (Å²) in [7, 11) is 0. The summed E-state index contributed by atoms with van der Waals surface area (Å²) in [6.45, 7) is 2.76. The van der Waals surface area contributed by atoms with E-state index in [4.69, 9.17) is 10.8 Å². The molecule has 0 aliphatic rings. The molecule has 0 aliphatic heterocycles. The molecule has 0 amide bonds. The van der Waals surface area contributed by atoms with Crippen LogP contribution >= 0.6 is 0 Å². The first-order valence-electron chi connectivity index (χ1n) is 4.52. The zero-order valence-electron chi connectivity index (χ0n) is 7.92. The van der Waals surface area contributed by atoms with Crippen LogP contribution in [0.25, 0.3) is 0 Å². The van der Waals surface area contributed by atoms with Gasteiger partial charge >= 0.3 is 0 Å². The molecule has 2 heteroatoms. The summed E-state index contributed by atoms with van der Waals surface area (Å²) in [5.41, 5.74) is 0. The highest BCUT2D eigenvalue weighted by atomic mass is 16.3. The summed E-state index contributed by atoms with van der Waals surface area (Å²) in [4.78, 5) is 0. The van der Waals surface area contributed by atoms with Crippen molar-refractivity contribution in [1.29, 1.82) is 0 Å². The molecule has 1 aromatic rings. The maximum Gasteiger partial charge on any atom is 0.103 e. The summed E-state index contributed by atoms with van der Waals surface area (Å²) in [5.74, 6) is 3.59. The first-order chi connectivity index (χ1) is 6.33.